The van der Waals surface area contributed by atoms with Crippen molar-refractivity contribution < 1.29 is 23.3 Å². The Balaban J connectivity index is 1.30. The molecule has 0 saturated heterocycles. The van der Waals surface area contributed by atoms with E-state index in [2.05, 4.69) is 16.0 Å². The fourth-order valence-corrected chi connectivity index (χ4v) is 2.75. The number of hydrazine groups is 1. The fraction of sp³-hybridized carbons (Fsp3) is 0.0455. The van der Waals surface area contributed by atoms with Gasteiger partial charge in [-0.1, -0.05) is 35.0 Å². The van der Waals surface area contributed by atoms with Gasteiger partial charge in [-0.3, -0.25) is 20.4 Å². The molecule has 0 atom stereocenters. The number of carbonyl (C=O) groups excluding carboxylic acids is 2. The molecule has 0 bridgehead atoms. The molecule has 0 saturated carbocycles. The Morgan fingerprint density at radius 3 is 2.45 bits per heavy atom. The number of furan rings is 1. The Kier molecular flexibility index (Phi) is 6.00. The first kappa shape index (κ1) is 20.2. The Morgan fingerprint density at radius 1 is 0.935 bits per heavy atom. The molecule has 0 radical (unpaired) electrons. The van der Waals surface area contributed by atoms with Crippen molar-refractivity contribution in [1.29, 1.82) is 0 Å². The number of aromatic nitrogens is 1. The lowest BCUT2D eigenvalue weighted by Crippen LogP contribution is -2.41. The third kappa shape index (κ3) is 5.12. The van der Waals surface area contributed by atoms with E-state index in [1.54, 1.807) is 30.3 Å². The molecule has 31 heavy (non-hydrogen) atoms. The maximum atomic E-state index is 12.2. The number of amides is 2. The second kappa shape index (κ2) is 9.19. The van der Waals surface area contributed by atoms with Crippen molar-refractivity contribution >= 4 is 23.4 Å². The predicted octanol–water partition coefficient (Wildman–Crippen LogP) is 4.24. The minimum absolute atomic E-state index is 0.00152. The second-order valence-corrected chi connectivity index (χ2v) is 6.80. The summed E-state index contributed by atoms with van der Waals surface area (Å²) < 4.78 is 16.2. The summed E-state index contributed by atoms with van der Waals surface area (Å²) in [4.78, 5) is 24.4. The van der Waals surface area contributed by atoms with Crippen LogP contribution < -0.4 is 15.6 Å². The molecule has 4 aromatic rings. The van der Waals surface area contributed by atoms with Crippen LogP contribution in [-0.2, 0) is 6.61 Å². The van der Waals surface area contributed by atoms with E-state index in [-0.39, 0.29) is 18.1 Å². The summed E-state index contributed by atoms with van der Waals surface area (Å²) in [5, 5.41) is 4.29. The van der Waals surface area contributed by atoms with Gasteiger partial charge in [0.1, 0.15) is 18.1 Å². The number of benzene rings is 2. The van der Waals surface area contributed by atoms with Crippen LogP contribution in [0.25, 0.3) is 11.3 Å². The Morgan fingerprint density at radius 2 is 1.68 bits per heavy atom. The predicted molar refractivity (Wildman–Crippen MR) is 111 cm³/mol. The van der Waals surface area contributed by atoms with Crippen molar-refractivity contribution in [2.75, 3.05) is 0 Å². The van der Waals surface area contributed by atoms with Crippen LogP contribution in [0.3, 0.4) is 0 Å². The molecule has 156 valence electrons. The second-order valence-electron chi connectivity index (χ2n) is 6.36. The SMILES string of the molecule is O=C(NNC(=O)c1ccc(COc2ccccc2)o1)c1cc(-c2ccc(Cl)cc2)on1. The molecule has 4 rings (SSSR count). The maximum absolute atomic E-state index is 12.2. The van der Waals surface area contributed by atoms with Gasteiger partial charge >= 0.3 is 5.91 Å². The van der Waals surface area contributed by atoms with E-state index >= 15 is 0 Å². The topological polar surface area (TPSA) is 107 Å². The summed E-state index contributed by atoms with van der Waals surface area (Å²) in [6.45, 7) is 0.163. The van der Waals surface area contributed by atoms with Crippen molar-refractivity contribution in [2.45, 2.75) is 6.61 Å². The summed E-state index contributed by atoms with van der Waals surface area (Å²) in [6, 6.07) is 20.6. The van der Waals surface area contributed by atoms with Crippen LogP contribution in [0.5, 0.6) is 5.75 Å². The van der Waals surface area contributed by atoms with E-state index in [1.165, 1.54) is 12.1 Å². The number of hydrogen-bond acceptors (Lipinski definition) is 6. The van der Waals surface area contributed by atoms with Gasteiger partial charge in [0.2, 0.25) is 0 Å². The van der Waals surface area contributed by atoms with Crippen LogP contribution in [-0.4, -0.2) is 17.0 Å². The number of rotatable bonds is 6. The molecule has 0 aliphatic carbocycles. The largest absolute Gasteiger partial charge is 0.486 e. The monoisotopic (exact) mass is 437 g/mol. The van der Waals surface area contributed by atoms with E-state index in [0.29, 0.717) is 27.9 Å². The number of halogens is 1. The first-order chi connectivity index (χ1) is 15.1. The standard InChI is InChI=1S/C22H16ClN3O5/c23-15-8-6-14(7-9-15)20-12-18(26-31-20)21(27)24-25-22(28)19-11-10-17(30-19)13-29-16-4-2-1-3-5-16/h1-12H,13H2,(H,24,27)(H,25,28). The van der Waals surface area contributed by atoms with E-state index < -0.39 is 11.8 Å². The number of hydrogen-bond donors (Lipinski definition) is 2. The third-order valence-electron chi connectivity index (χ3n) is 4.17. The molecule has 0 aliphatic heterocycles. The highest BCUT2D eigenvalue weighted by Crippen LogP contribution is 2.22. The van der Waals surface area contributed by atoms with Crippen LogP contribution in [0.15, 0.2) is 81.7 Å². The summed E-state index contributed by atoms with van der Waals surface area (Å²) >= 11 is 5.86. The summed E-state index contributed by atoms with van der Waals surface area (Å²) in [5.41, 5.74) is 5.24. The minimum Gasteiger partial charge on any atom is -0.486 e. The van der Waals surface area contributed by atoms with Crippen LogP contribution in [0, 0.1) is 0 Å². The summed E-state index contributed by atoms with van der Waals surface area (Å²) in [6.07, 6.45) is 0. The van der Waals surface area contributed by atoms with Crippen LogP contribution in [0.1, 0.15) is 26.8 Å². The number of ether oxygens (including phenoxy) is 1. The highest BCUT2D eigenvalue weighted by molar-refractivity contribution is 6.30. The molecule has 2 aromatic heterocycles. The zero-order chi connectivity index (χ0) is 21.6. The van der Waals surface area contributed by atoms with Gasteiger partial charge in [0.15, 0.2) is 17.2 Å². The lowest BCUT2D eigenvalue weighted by Gasteiger charge is -2.04. The normalized spacial score (nSPS) is 10.5. The van der Waals surface area contributed by atoms with Crippen molar-refractivity contribution in [3.8, 4) is 17.1 Å². The highest BCUT2D eigenvalue weighted by atomic mass is 35.5. The van der Waals surface area contributed by atoms with Gasteiger partial charge in [-0.25, -0.2) is 0 Å². The maximum Gasteiger partial charge on any atom is 0.305 e. The number of para-hydroxylation sites is 1. The van der Waals surface area contributed by atoms with Gasteiger partial charge < -0.3 is 13.7 Å². The quantitative estimate of drug-likeness (QED) is 0.437. The average molecular weight is 438 g/mol. The van der Waals surface area contributed by atoms with E-state index in [1.807, 2.05) is 30.3 Å². The fourth-order valence-electron chi connectivity index (χ4n) is 2.62. The molecule has 2 aromatic carbocycles. The zero-order valence-corrected chi connectivity index (χ0v) is 16.8. The van der Waals surface area contributed by atoms with Gasteiger partial charge in [0, 0.05) is 16.7 Å². The van der Waals surface area contributed by atoms with Crippen molar-refractivity contribution in [1.82, 2.24) is 16.0 Å². The summed E-state index contributed by atoms with van der Waals surface area (Å²) in [7, 11) is 0. The Hall–Kier alpha value is -4.04. The molecule has 0 spiro atoms. The first-order valence-electron chi connectivity index (χ1n) is 9.18. The van der Waals surface area contributed by atoms with Gasteiger partial charge in [-0.15, -0.1) is 0 Å². The third-order valence-corrected chi connectivity index (χ3v) is 4.42. The van der Waals surface area contributed by atoms with Crippen LogP contribution in [0.2, 0.25) is 5.02 Å². The van der Waals surface area contributed by atoms with E-state index in [4.69, 9.17) is 25.3 Å². The van der Waals surface area contributed by atoms with Crippen molar-refractivity contribution in [2.24, 2.45) is 0 Å². The molecule has 8 nitrogen and oxygen atoms in total. The molecular formula is C22H16ClN3O5. The van der Waals surface area contributed by atoms with Gasteiger partial charge in [0.05, 0.1) is 0 Å². The first-order valence-corrected chi connectivity index (χ1v) is 9.56. The summed E-state index contributed by atoms with van der Waals surface area (Å²) in [5.74, 6) is 0.292. The number of nitrogens with zero attached hydrogens (tertiary/aromatic N) is 1. The van der Waals surface area contributed by atoms with Gasteiger partial charge in [-0.05, 0) is 48.5 Å². The Labute approximate surface area is 181 Å². The number of carbonyl (C=O) groups is 2. The van der Waals surface area contributed by atoms with Crippen molar-refractivity contribution in [3.05, 3.63) is 95.0 Å². The Bertz CT molecular complexity index is 1190. The molecule has 2 amide bonds. The number of nitrogens with one attached hydrogen (secondary N) is 2. The lowest BCUT2D eigenvalue weighted by atomic mass is 10.1. The van der Waals surface area contributed by atoms with Gasteiger partial charge in [0.25, 0.3) is 5.91 Å². The van der Waals surface area contributed by atoms with Gasteiger partial charge in [-0.2, -0.15) is 0 Å². The average Bonchev–Trinajstić information content (AvgIpc) is 3.47. The van der Waals surface area contributed by atoms with E-state index in [0.717, 1.165) is 0 Å². The highest BCUT2D eigenvalue weighted by Gasteiger charge is 2.16. The van der Waals surface area contributed by atoms with Crippen LogP contribution >= 0.6 is 11.6 Å². The zero-order valence-electron chi connectivity index (χ0n) is 16.0. The van der Waals surface area contributed by atoms with E-state index in [9.17, 15) is 9.59 Å². The molecule has 2 heterocycles. The van der Waals surface area contributed by atoms with Crippen molar-refractivity contribution in [3.63, 3.8) is 0 Å². The molecule has 0 fully saturated rings. The molecule has 0 unspecified atom stereocenters. The molecule has 9 heteroatoms. The van der Waals surface area contributed by atoms with Crippen LogP contribution in [0.4, 0.5) is 0 Å². The molecular weight excluding hydrogens is 422 g/mol. The molecule has 0 aliphatic rings. The smallest absolute Gasteiger partial charge is 0.305 e. The lowest BCUT2D eigenvalue weighted by molar-refractivity contribution is 0.0824. The molecule has 2 N–H and O–H groups in total. The minimum atomic E-state index is -0.642.